The average Bonchev–Trinajstić information content (AvgIpc) is 3.30. The Morgan fingerprint density at radius 3 is 1.68 bits per heavy atom. The van der Waals surface area contributed by atoms with Crippen LogP contribution in [0.2, 0.25) is 0 Å². The first-order valence-electron chi connectivity index (χ1n) is 7.91. The molecule has 0 saturated carbocycles. The van der Waals surface area contributed by atoms with E-state index >= 15 is 0 Å². The van der Waals surface area contributed by atoms with Gasteiger partial charge < -0.3 is 0 Å². The zero-order valence-electron chi connectivity index (χ0n) is 12.3. The molecule has 1 nitrogen and oxygen atoms in total. The Kier molecular flexibility index (Phi) is 2.53. The molecule has 3 aromatic rings. The van der Waals surface area contributed by atoms with Crippen molar-refractivity contribution in [2.24, 2.45) is 0 Å². The molecule has 22 heavy (non-hydrogen) atoms. The zero-order valence-corrected chi connectivity index (χ0v) is 12.3. The Bertz CT molecular complexity index is 786. The molecule has 1 aliphatic carbocycles. The van der Waals surface area contributed by atoms with E-state index in [0.717, 1.165) is 6.54 Å². The van der Waals surface area contributed by atoms with Crippen LogP contribution in [0.4, 0.5) is 0 Å². The summed E-state index contributed by atoms with van der Waals surface area (Å²) in [6, 6.07) is 29.7. The topological polar surface area (TPSA) is 3.01 Å². The first kappa shape index (κ1) is 12.2. The number of benzene rings is 3. The van der Waals surface area contributed by atoms with Crippen molar-refractivity contribution in [2.75, 3.05) is 0 Å². The Labute approximate surface area is 130 Å². The Balaban J connectivity index is 1.60. The van der Waals surface area contributed by atoms with Crippen molar-refractivity contribution >= 4 is 0 Å². The van der Waals surface area contributed by atoms with Gasteiger partial charge in [0.2, 0.25) is 0 Å². The second kappa shape index (κ2) is 4.56. The fraction of sp³-hybridized carbons (Fsp3) is 0.143. The minimum Gasteiger partial charge on any atom is -0.281 e. The molecule has 1 heterocycles. The summed E-state index contributed by atoms with van der Waals surface area (Å²) >= 11 is 0. The van der Waals surface area contributed by atoms with E-state index in [4.69, 9.17) is 0 Å². The summed E-state index contributed by atoms with van der Waals surface area (Å²) in [5.41, 5.74) is 7.20. The average molecular weight is 283 g/mol. The van der Waals surface area contributed by atoms with Crippen LogP contribution in [0, 0.1) is 0 Å². The lowest BCUT2D eigenvalue weighted by Crippen LogP contribution is -1.98. The van der Waals surface area contributed by atoms with Gasteiger partial charge in [0.05, 0.1) is 12.1 Å². The molecule has 0 spiro atoms. The third-order valence-corrected chi connectivity index (χ3v) is 4.98. The van der Waals surface area contributed by atoms with Gasteiger partial charge in [-0.25, -0.2) is 0 Å². The maximum Gasteiger partial charge on any atom is 0.0562 e. The first-order valence-corrected chi connectivity index (χ1v) is 7.91. The van der Waals surface area contributed by atoms with E-state index in [1.54, 1.807) is 0 Å². The molecule has 1 fully saturated rings. The number of hydrogen-bond donors (Lipinski definition) is 0. The zero-order chi connectivity index (χ0) is 14.5. The fourth-order valence-corrected chi connectivity index (χ4v) is 3.96. The van der Waals surface area contributed by atoms with Crippen molar-refractivity contribution in [1.29, 1.82) is 0 Å². The van der Waals surface area contributed by atoms with Gasteiger partial charge in [-0.3, -0.25) is 4.90 Å². The van der Waals surface area contributed by atoms with Crippen LogP contribution in [0.15, 0.2) is 78.9 Å². The molecule has 1 unspecified atom stereocenters. The smallest absolute Gasteiger partial charge is 0.0562 e. The predicted molar refractivity (Wildman–Crippen MR) is 89.3 cm³/mol. The van der Waals surface area contributed by atoms with E-state index in [2.05, 4.69) is 83.8 Å². The number of nitrogens with zero attached hydrogens (tertiary/aromatic N) is 1. The molecule has 106 valence electrons. The second-order valence-corrected chi connectivity index (χ2v) is 6.22. The molecule has 1 heteroatoms. The van der Waals surface area contributed by atoms with E-state index in [0.29, 0.717) is 12.1 Å². The molecule has 3 atom stereocenters. The summed E-state index contributed by atoms with van der Waals surface area (Å²) in [6.45, 7) is 1.03. The summed E-state index contributed by atoms with van der Waals surface area (Å²) in [4.78, 5) is 2.61. The van der Waals surface area contributed by atoms with Crippen molar-refractivity contribution in [2.45, 2.75) is 18.6 Å². The highest BCUT2D eigenvalue weighted by Crippen LogP contribution is 2.62. The van der Waals surface area contributed by atoms with Crippen molar-refractivity contribution in [3.63, 3.8) is 0 Å². The SMILES string of the molecule is c1ccc(CN2[C@@H]3c4ccccc4-c4ccccc4[C@@H]32)cc1. The molecule has 2 aliphatic rings. The van der Waals surface area contributed by atoms with Gasteiger partial charge >= 0.3 is 0 Å². The minimum absolute atomic E-state index is 0.548. The molecule has 0 amide bonds. The Morgan fingerprint density at radius 1 is 0.591 bits per heavy atom. The van der Waals surface area contributed by atoms with Gasteiger partial charge in [0, 0.05) is 6.54 Å². The molecule has 1 saturated heterocycles. The molecule has 3 aromatic carbocycles. The van der Waals surface area contributed by atoms with Crippen LogP contribution < -0.4 is 0 Å². The lowest BCUT2D eigenvalue weighted by Gasteiger charge is -2.16. The van der Waals surface area contributed by atoms with Gasteiger partial charge in [-0.2, -0.15) is 0 Å². The summed E-state index contributed by atoms with van der Waals surface area (Å²) in [6.07, 6.45) is 0. The first-order chi connectivity index (χ1) is 10.9. The third kappa shape index (κ3) is 1.69. The van der Waals surface area contributed by atoms with Gasteiger partial charge in [-0.1, -0.05) is 78.9 Å². The lowest BCUT2D eigenvalue weighted by atomic mass is 9.86. The normalized spacial score (nSPS) is 24.1. The van der Waals surface area contributed by atoms with Crippen molar-refractivity contribution in [3.8, 4) is 11.1 Å². The molecule has 5 rings (SSSR count). The van der Waals surface area contributed by atoms with Crippen LogP contribution in [0.3, 0.4) is 0 Å². The summed E-state index contributed by atoms with van der Waals surface area (Å²) in [7, 11) is 0. The highest BCUT2D eigenvalue weighted by molar-refractivity contribution is 5.76. The van der Waals surface area contributed by atoms with Gasteiger partial charge in [0.25, 0.3) is 0 Å². The number of fused-ring (bicyclic) bond motifs is 6. The lowest BCUT2D eigenvalue weighted by molar-refractivity contribution is 0.482. The van der Waals surface area contributed by atoms with Crippen LogP contribution in [-0.4, -0.2) is 4.90 Å². The van der Waals surface area contributed by atoms with Gasteiger partial charge in [0.15, 0.2) is 0 Å². The minimum atomic E-state index is 0.548. The highest BCUT2D eigenvalue weighted by Gasteiger charge is 2.53. The molecular weight excluding hydrogens is 266 g/mol. The van der Waals surface area contributed by atoms with Crippen LogP contribution in [0.1, 0.15) is 28.8 Å². The van der Waals surface area contributed by atoms with Gasteiger partial charge in [-0.15, -0.1) is 0 Å². The standard InChI is InChI=1S/C21H17N/c1-2-8-15(9-3-1)14-22-20-18-12-6-4-10-16(18)17-11-5-7-13-19(17)21(20)22/h1-13,20-21H,14H2/t20-,21+,22?. The molecule has 0 bridgehead atoms. The summed E-state index contributed by atoms with van der Waals surface area (Å²) in [5, 5.41) is 0. The number of hydrogen-bond acceptors (Lipinski definition) is 1. The molecule has 0 aromatic heterocycles. The Morgan fingerprint density at radius 2 is 1.09 bits per heavy atom. The van der Waals surface area contributed by atoms with Crippen LogP contribution in [0.25, 0.3) is 11.1 Å². The molecular formula is C21H17N. The molecule has 0 N–H and O–H groups in total. The van der Waals surface area contributed by atoms with E-state index < -0.39 is 0 Å². The third-order valence-electron chi connectivity index (χ3n) is 4.98. The highest BCUT2D eigenvalue weighted by atomic mass is 15.4. The monoisotopic (exact) mass is 283 g/mol. The maximum atomic E-state index is 2.61. The quantitative estimate of drug-likeness (QED) is 0.600. The van der Waals surface area contributed by atoms with Crippen LogP contribution >= 0.6 is 0 Å². The van der Waals surface area contributed by atoms with E-state index in [1.807, 2.05) is 0 Å². The number of rotatable bonds is 2. The van der Waals surface area contributed by atoms with Crippen molar-refractivity contribution < 1.29 is 0 Å². The Hall–Kier alpha value is -2.38. The van der Waals surface area contributed by atoms with E-state index in [1.165, 1.54) is 27.8 Å². The van der Waals surface area contributed by atoms with Crippen LogP contribution in [-0.2, 0) is 6.54 Å². The van der Waals surface area contributed by atoms with Crippen molar-refractivity contribution in [1.82, 2.24) is 4.90 Å². The summed E-state index contributed by atoms with van der Waals surface area (Å²) in [5.74, 6) is 0. The van der Waals surface area contributed by atoms with Gasteiger partial charge in [-0.05, 0) is 27.8 Å². The van der Waals surface area contributed by atoms with E-state index in [-0.39, 0.29) is 0 Å². The summed E-state index contributed by atoms with van der Waals surface area (Å²) < 4.78 is 0. The maximum absolute atomic E-state index is 2.61. The molecule has 0 radical (unpaired) electrons. The molecule has 1 aliphatic heterocycles. The van der Waals surface area contributed by atoms with Crippen LogP contribution in [0.5, 0.6) is 0 Å². The predicted octanol–water partition coefficient (Wildman–Crippen LogP) is 4.97. The van der Waals surface area contributed by atoms with Gasteiger partial charge in [0.1, 0.15) is 0 Å². The van der Waals surface area contributed by atoms with Crippen molar-refractivity contribution in [3.05, 3.63) is 95.6 Å². The van der Waals surface area contributed by atoms with E-state index in [9.17, 15) is 0 Å². The second-order valence-electron chi connectivity index (χ2n) is 6.22. The largest absolute Gasteiger partial charge is 0.281 e. The fourth-order valence-electron chi connectivity index (χ4n) is 3.96.